The van der Waals surface area contributed by atoms with Gasteiger partial charge in [0.05, 0.1) is 11.0 Å². The number of hydrogen-bond acceptors (Lipinski definition) is 2. The Labute approximate surface area is 207 Å². The van der Waals surface area contributed by atoms with Gasteiger partial charge in [0.2, 0.25) is 5.69 Å². The van der Waals surface area contributed by atoms with Crippen LogP contribution in [0.4, 0.5) is 5.69 Å². The maximum absolute atomic E-state index is 13.4. The Kier molecular flexibility index (Phi) is 5.17. The Morgan fingerprint density at radius 3 is 2.46 bits per heavy atom. The van der Waals surface area contributed by atoms with Crippen molar-refractivity contribution in [2.45, 2.75) is 57.3 Å². The van der Waals surface area contributed by atoms with Crippen LogP contribution in [-0.2, 0) is 22.1 Å². The quantitative estimate of drug-likeness (QED) is 0.201. The molecular weight excluding hydrogens is 432 g/mol. The summed E-state index contributed by atoms with van der Waals surface area (Å²) in [4.78, 5) is 26.9. The van der Waals surface area contributed by atoms with Gasteiger partial charge in [-0.3, -0.25) is 9.59 Å². The third-order valence-corrected chi connectivity index (χ3v) is 8.61. The highest BCUT2D eigenvalue weighted by molar-refractivity contribution is 6.43. The molecule has 2 heterocycles. The van der Waals surface area contributed by atoms with Crippen molar-refractivity contribution in [3.05, 3.63) is 77.5 Å². The average molecular weight is 466 g/mol. The van der Waals surface area contributed by atoms with E-state index in [1.165, 1.54) is 36.9 Å². The van der Waals surface area contributed by atoms with Crippen LogP contribution in [-0.4, -0.2) is 33.0 Å². The molecule has 3 aromatic rings. The molecule has 1 aromatic heterocycles. The largest absolute Gasteiger partial charge is 0.350 e. The van der Waals surface area contributed by atoms with Crippen LogP contribution in [0.15, 0.2) is 66.4 Å². The molecule has 178 valence electrons. The van der Waals surface area contributed by atoms with Crippen molar-refractivity contribution >= 4 is 33.9 Å². The molecule has 0 bridgehead atoms. The first-order chi connectivity index (χ1) is 16.9. The summed E-state index contributed by atoms with van der Waals surface area (Å²) in [6, 6.07) is 16.5. The standard InChI is InChI=1S/C31H33N2O2/c1-31(2)24-13-7-9-15-26(24)33(17-16-20-10-4-5-11-20)27(31)18-22-29(34)28(30(22)35)23-19-32(3)25-14-8-6-12-21(23)25/h6-9,12-15,18-20,28H,4-5,10-11,16-17H2,1-3H3/q+1. The van der Waals surface area contributed by atoms with E-state index in [0.29, 0.717) is 5.57 Å². The number of fused-ring (bicyclic) bond motifs is 2. The number of carbonyl (C=O) groups is 2. The fourth-order valence-electron chi connectivity index (χ4n) is 6.59. The molecular formula is C31H33N2O2+. The molecule has 2 fully saturated rings. The van der Waals surface area contributed by atoms with Crippen molar-refractivity contribution in [3.63, 3.8) is 0 Å². The van der Waals surface area contributed by atoms with Crippen molar-refractivity contribution in [1.29, 1.82) is 0 Å². The molecule has 0 atom stereocenters. The van der Waals surface area contributed by atoms with Crippen LogP contribution in [0.3, 0.4) is 0 Å². The molecule has 35 heavy (non-hydrogen) atoms. The van der Waals surface area contributed by atoms with E-state index in [0.717, 1.165) is 41.1 Å². The smallest absolute Gasteiger partial charge is 0.209 e. The minimum Gasteiger partial charge on any atom is -0.350 e. The molecule has 6 rings (SSSR count). The van der Waals surface area contributed by atoms with E-state index in [9.17, 15) is 9.59 Å². The second-order valence-electron chi connectivity index (χ2n) is 11.1. The van der Waals surface area contributed by atoms with Crippen LogP contribution in [0.25, 0.3) is 10.9 Å². The fraction of sp³-hybridized carbons (Fsp3) is 0.387. The summed E-state index contributed by atoms with van der Waals surface area (Å²) in [5, 5.41) is 0.986. The summed E-state index contributed by atoms with van der Waals surface area (Å²) in [5.74, 6) is -0.0167. The number of benzene rings is 2. The predicted molar refractivity (Wildman–Crippen MR) is 140 cm³/mol. The van der Waals surface area contributed by atoms with E-state index < -0.39 is 5.92 Å². The minimum absolute atomic E-state index is 0.0543. The molecule has 2 aliphatic carbocycles. The highest BCUT2D eigenvalue weighted by Crippen LogP contribution is 2.43. The monoisotopic (exact) mass is 465 g/mol. The Hall–Kier alpha value is -3.27. The van der Waals surface area contributed by atoms with Crippen LogP contribution < -0.4 is 0 Å². The zero-order chi connectivity index (χ0) is 24.3. The number of Topliss-reactive ketones (excluding diaryl/α,β-unsaturated/α-hetero) is 2. The number of hydrogen-bond donors (Lipinski definition) is 0. The maximum atomic E-state index is 13.4. The number of aryl methyl sites for hydroxylation is 1. The lowest BCUT2D eigenvalue weighted by Gasteiger charge is -2.26. The van der Waals surface area contributed by atoms with E-state index in [1.807, 2.05) is 48.2 Å². The first kappa shape index (κ1) is 22.2. The minimum atomic E-state index is -0.688. The Balaban J connectivity index is 1.38. The third kappa shape index (κ3) is 3.37. The van der Waals surface area contributed by atoms with Crippen molar-refractivity contribution in [3.8, 4) is 0 Å². The average Bonchev–Trinajstić information content (AvgIpc) is 3.54. The summed E-state index contributed by atoms with van der Waals surface area (Å²) in [7, 11) is 1.96. The van der Waals surface area contributed by atoms with Crippen molar-refractivity contribution < 1.29 is 14.2 Å². The molecule has 0 spiro atoms. The van der Waals surface area contributed by atoms with Gasteiger partial charge in [-0.25, -0.2) is 0 Å². The normalized spacial score (nSPS) is 21.7. The molecule has 0 unspecified atom stereocenters. The van der Waals surface area contributed by atoms with Gasteiger partial charge in [-0.1, -0.05) is 62.1 Å². The van der Waals surface area contributed by atoms with E-state index in [2.05, 4.69) is 42.7 Å². The molecule has 4 nitrogen and oxygen atoms in total. The summed E-state index contributed by atoms with van der Waals surface area (Å²) >= 11 is 0. The summed E-state index contributed by atoms with van der Waals surface area (Å²) in [5.41, 5.74) is 5.52. The van der Waals surface area contributed by atoms with Gasteiger partial charge in [-0.15, -0.1) is 0 Å². The lowest BCUT2D eigenvalue weighted by Crippen LogP contribution is -2.40. The van der Waals surface area contributed by atoms with Gasteiger partial charge >= 0.3 is 0 Å². The summed E-state index contributed by atoms with van der Waals surface area (Å²) in [6.07, 6.45) is 10.3. The maximum Gasteiger partial charge on any atom is 0.209 e. The van der Waals surface area contributed by atoms with E-state index in [4.69, 9.17) is 0 Å². The number of para-hydroxylation sites is 2. The summed E-state index contributed by atoms with van der Waals surface area (Å²) in [6.45, 7) is 5.35. The van der Waals surface area contributed by atoms with Gasteiger partial charge in [0.15, 0.2) is 17.3 Å². The Bertz CT molecular complexity index is 1410. The van der Waals surface area contributed by atoms with Crippen LogP contribution in [0, 0.1) is 5.92 Å². The van der Waals surface area contributed by atoms with Crippen LogP contribution in [0.5, 0.6) is 0 Å². The second kappa shape index (κ2) is 8.15. The van der Waals surface area contributed by atoms with Gasteiger partial charge in [0.25, 0.3) is 0 Å². The Morgan fingerprint density at radius 2 is 1.69 bits per heavy atom. The van der Waals surface area contributed by atoms with E-state index in [1.54, 1.807) is 0 Å². The topological polar surface area (TPSA) is 42.1 Å². The van der Waals surface area contributed by atoms with E-state index >= 15 is 0 Å². The van der Waals surface area contributed by atoms with Gasteiger partial charge in [-0.2, -0.15) is 4.58 Å². The number of carbonyl (C=O) groups excluding carboxylic acids is 2. The molecule has 1 aliphatic heterocycles. The predicted octanol–water partition coefficient (Wildman–Crippen LogP) is 6.00. The molecule has 2 saturated carbocycles. The van der Waals surface area contributed by atoms with Gasteiger partial charge < -0.3 is 4.57 Å². The first-order valence-electron chi connectivity index (χ1n) is 13.0. The molecule has 3 aliphatic rings. The van der Waals surface area contributed by atoms with Gasteiger partial charge in [-0.05, 0) is 31.4 Å². The van der Waals surface area contributed by atoms with Gasteiger partial charge in [0, 0.05) is 48.3 Å². The highest BCUT2D eigenvalue weighted by atomic mass is 16.2. The Morgan fingerprint density at radius 1 is 1.00 bits per heavy atom. The molecule has 0 amide bonds. The molecule has 0 radical (unpaired) electrons. The third-order valence-electron chi connectivity index (χ3n) is 8.61. The number of rotatable bonds is 5. The first-order valence-corrected chi connectivity index (χ1v) is 13.0. The zero-order valence-electron chi connectivity index (χ0n) is 20.9. The van der Waals surface area contributed by atoms with Crippen LogP contribution >= 0.6 is 0 Å². The number of allylic oxidation sites excluding steroid dienone is 2. The van der Waals surface area contributed by atoms with Crippen molar-refractivity contribution in [1.82, 2.24) is 4.57 Å². The highest BCUT2D eigenvalue weighted by Gasteiger charge is 2.50. The zero-order valence-corrected chi connectivity index (χ0v) is 20.9. The number of nitrogens with zero attached hydrogens (tertiary/aromatic N) is 2. The van der Waals surface area contributed by atoms with Crippen LogP contribution in [0.2, 0.25) is 0 Å². The molecule has 0 saturated heterocycles. The number of aromatic nitrogens is 1. The van der Waals surface area contributed by atoms with E-state index in [-0.39, 0.29) is 17.0 Å². The molecule has 2 aromatic carbocycles. The summed E-state index contributed by atoms with van der Waals surface area (Å²) < 4.78 is 4.38. The van der Waals surface area contributed by atoms with Gasteiger partial charge in [0.1, 0.15) is 12.5 Å². The fourth-order valence-corrected chi connectivity index (χ4v) is 6.59. The lowest BCUT2D eigenvalue weighted by molar-refractivity contribution is -0.439. The molecule has 0 N–H and O–H groups in total. The number of ketones is 2. The lowest BCUT2D eigenvalue weighted by atomic mass is 9.71. The van der Waals surface area contributed by atoms with Crippen LogP contribution in [0.1, 0.15) is 63.0 Å². The van der Waals surface area contributed by atoms with Crippen molar-refractivity contribution in [2.24, 2.45) is 13.0 Å². The second-order valence-corrected chi connectivity index (χ2v) is 11.1. The van der Waals surface area contributed by atoms with Crippen molar-refractivity contribution in [2.75, 3.05) is 6.54 Å². The SMILES string of the molecule is Cn1cc(C2C(=O)C(=CC3=[N+](CCC4CCCC4)c4ccccc4C3(C)C)C2=O)c2ccccc21. The molecule has 4 heteroatoms.